The van der Waals surface area contributed by atoms with Crippen molar-refractivity contribution in [2.75, 3.05) is 11.9 Å². The Hall–Kier alpha value is -2.09. The van der Waals surface area contributed by atoms with Gasteiger partial charge in [-0.05, 0) is 44.2 Å². The summed E-state index contributed by atoms with van der Waals surface area (Å²) in [6.45, 7) is 3.28. The first-order chi connectivity index (χ1) is 12.7. The van der Waals surface area contributed by atoms with Crippen LogP contribution in [0, 0.1) is 5.82 Å². The monoisotopic (exact) mass is 384 g/mol. The number of rotatable bonds is 3. The minimum Gasteiger partial charge on any atom is -0.352 e. The van der Waals surface area contributed by atoms with Crippen LogP contribution >= 0.6 is 22.7 Å². The van der Waals surface area contributed by atoms with E-state index in [0.717, 1.165) is 39.1 Å². The molecule has 0 bridgehead atoms. The minimum absolute atomic E-state index is 0.268. The molecule has 1 saturated heterocycles. The van der Waals surface area contributed by atoms with Crippen molar-refractivity contribution in [2.45, 2.75) is 25.3 Å². The maximum atomic E-state index is 14.5. The van der Waals surface area contributed by atoms with E-state index in [1.807, 2.05) is 6.07 Å². The van der Waals surface area contributed by atoms with E-state index in [0.29, 0.717) is 17.6 Å². The van der Waals surface area contributed by atoms with Gasteiger partial charge in [0.25, 0.3) is 0 Å². The molecule has 0 amide bonds. The van der Waals surface area contributed by atoms with E-state index < -0.39 is 0 Å². The van der Waals surface area contributed by atoms with Crippen molar-refractivity contribution in [1.82, 2.24) is 15.3 Å². The number of hydrogen-bond donors (Lipinski definition) is 2. The van der Waals surface area contributed by atoms with E-state index in [9.17, 15) is 4.39 Å². The van der Waals surface area contributed by atoms with Crippen LogP contribution in [0.1, 0.15) is 24.1 Å². The molecule has 7 heteroatoms. The van der Waals surface area contributed by atoms with Gasteiger partial charge in [-0.2, -0.15) is 0 Å². The number of thiazole rings is 1. The van der Waals surface area contributed by atoms with Gasteiger partial charge < -0.3 is 10.6 Å². The van der Waals surface area contributed by atoms with Gasteiger partial charge in [0.05, 0.1) is 27.1 Å². The molecule has 1 fully saturated rings. The molecule has 0 aliphatic carbocycles. The molecule has 5 rings (SSSR count). The summed E-state index contributed by atoms with van der Waals surface area (Å²) >= 11 is 3.18. The van der Waals surface area contributed by atoms with Crippen LogP contribution in [-0.2, 0) is 0 Å². The maximum absolute atomic E-state index is 14.5. The molecule has 26 heavy (non-hydrogen) atoms. The molecule has 0 saturated carbocycles. The smallest absolute Gasteiger partial charge is 0.148 e. The van der Waals surface area contributed by atoms with Crippen molar-refractivity contribution in [3.05, 3.63) is 46.7 Å². The molecule has 4 aromatic rings. The van der Waals surface area contributed by atoms with Crippen LogP contribution in [0.2, 0.25) is 0 Å². The molecule has 3 aromatic heterocycles. The molecule has 2 N–H and O–H groups in total. The van der Waals surface area contributed by atoms with Crippen molar-refractivity contribution in [3.8, 4) is 0 Å². The highest BCUT2D eigenvalue weighted by Gasteiger charge is 2.26. The second-order valence-corrected chi connectivity index (χ2v) is 8.59. The lowest BCUT2D eigenvalue weighted by Crippen LogP contribution is -2.20. The van der Waals surface area contributed by atoms with Gasteiger partial charge in [0, 0.05) is 28.4 Å². The average molecular weight is 385 g/mol. The number of nitrogens with zero attached hydrogens (tertiary/aromatic N) is 2. The van der Waals surface area contributed by atoms with Crippen molar-refractivity contribution < 1.29 is 4.39 Å². The summed E-state index contributed by atoms with van der Waals surface area (Å²) in [4.78, 5) is 11.1. The summed E-state index contributed by atoms with van der Waals surface area (Å²) in [5, 5.41) is 7.80. The first-order valence-electron chi connectivity index (χ1n) is 8.60. The zero-order chi connectivity index (χ0) is 17.7. The van der Waals surface area contributed by atoms with Gasteiger partial charge in [0.15, 0.2) is 0 Å². The Balaban J connectivity index is 1.55. The topological polar surface area (TPSA) is 49.8 Å². The molecule has 1 aliphatic heterocycles. The summed E-state index contributed by atoms with van der Waals surface area (Å²) in [7, 11) is 0. The third-order valence-electron chi connectivity index (χ3n) is 5.03. The lowest BCUT2D eigenvalue weighted by atomic mass is 10.00. The van der Waals surface area contributed by atoms with Gasteiger partial charge in [-0.15, -0.1) is 22.7 Å². The SMILES string of the molecule is C[C@@H]1NCC[C@H]1c1cc2c(Nc3cc4ncsc4cc3F)ccnc2s1. The van der Waals surface area contributed by atoms with Gasteiger partial charge in [-0.25, -0.2) is 14.4 Å². The standard InChI is InChI=1S/C19H17FN4S2/c1-10-11(2-4-21-10)17-6-12-14(3-5-22-19(12)26-17)24-15-8-16-18(7-13(15)20)25-9-23-16/h3,5-11,21H,2,4H2,1H3,(H,22,24)/t10-,11+/m0/s1. The maximum Gasteiger partial charge on any atom is 0.148 e. The van der Waals surface area contributed by atoms with Crippen LogP contribution in [0.5, 0.6) is 0 Å². The molecule has 1 aliphatic rings. The van der Waals surface area contributed by atoms with Crippen LogP contribution < -0.4 is 10.6 Å². The molecule has 4 nitrogen and oxygen atoms in total. The minimum atomic E-state index is -0.268. The summed E-state index contributed by atoms with van der Waals surface area (Å²) < 4.78 is 15.3. The fourth-order valence-electron chi connectivity index (χ4n) is 3.62. The van der Waals surface area contributed by atoms with Crippen LogP contribution in [0.4, 0.5) is 15.8 Å². The van der Waals surface area contributed by atoms with Crippen LogP contribution in [0.15, 0.2) is 36.0 Å². The molecule has 4 heterocycles. The van der Waals surface area contributed by atoms with Crippen molar-refractivity contribution >= 4 is 54.5 Å². The number of hydrogen-bond acceptors (Lipinski definition) is 6. The summed E-state index contributed by atoms with van der Waals surface area (Å²) in [5.41, 5.74) is 3.87. The Morgan fingerprint density at radius 3 is 3.00 bits per heavy atom. The number of aromatic nitrogens is 2. The third kappa shape index (κ3) is 2.67. The van der Waals surface area contributed by atoms with Gasteiger partial charge in [0.2, 0.25) is 0 Å². The Morgan fingerprint density at radius 2 is 2.15 bits per heavy atom. The van der Waals surface area contributed by atoms with E-state index in [1.54, 1.807) is 35.2 Å². The van der Waals surface area contributed by atoms with Gasteiger partial charge in [0.1, 0.15) is 10.6 Å². The second-order valence-electron chi connectivity index (χ2n) is 6.64. The first-order valence-corrected chi connectivity index (χ1v) is 10.3. The average Bonchev–Trinajstić information content (AvgIpc) is 3.34. The summed E-state index contributed by atoms with van der Waals surface area (Å²) in [6, 6.07) is 7.90. The van der Waals surface area contributed by atoms with Gasteiger partial charge >= 0.3 is 0 Å². The highest BCUT2D eigenvalue weighted by Crippen LogP contribution is 2.39. The summed E-state index contributed by atoms with van der Waals surface area (Å²) in [6.07, 6.45) is 2.92. The quantitative estimate of drug-likeness (QED) is 0.506. The van der Waals surface area contributed by atoms with Gasteiger partial charge in [-0.3, -0.25) is 0 Å². The molecule has 0 radical (unpaired) electrons. The molecule has 2 atom stereocenters. The second kappa shape index (κ2) is 6.26. The number of pyridine rings is 1. The summed E-state index contributed by atoms with van der Waals surface area (Å²) in [5.74, 6) is 0.251. The highest BCUT2D eigenvalue weighted by atomic mass is 32.1. The molecular weight excluding hydrogens is 367 g/mol. The van der Waals surface area contributed by atoms with E-state index in [1.165, 1.54) is 16.2 Å². The predicted molar refractivity (Wildman–Crippen MR) is 107 cm³/mol. The van der Waals surface area contributed by atoms with Crippen molar-refractivity contribution in [1.29, 1.82) is 0 Å². The molecule has 132 valence electrons. The Bertz CT molecular complexity index is 1100. The van der Waals surface area contributed by atoms with E-state index in [4.69, 9.17) is 0 Å². The number of nitrogens with one attached hydrogen (secondary N) is 2. The molecule has 0 spiro atoms. The van der Waals surface area contributed by atoms with Crippen molar-refractivity contribution in [2.24, 2.45) is 0 Å². The number of halogens is 1. The molecule has 0 unspecified atom stereocenters. The number of thiophene rings is 1. The molecule has 1 aromatic carbocycles. The Kier molecular flexibility index (Phi) is 3.88. The Morgan fingerprint density at radius 1 is 1.23 bits per heavy atom. The van der Waals surface area contributed by atoms with Crippen LogP contribution in [-0.4, -0.2) is 22.6 Å². The number of benzene rings is 1. The predicted octanol–water partition coefficient (Wildman–Crippen LogP) is 5.25. The normalized spacial score (nSPS) is 20.2. The van der Waals surface area contributed by atoms with Gasteiger partial charge in [-0.1, -0.05) is 0 Å². The van der Waals surface area contributed by atoms with E-state index in [2.05, 4.69) is 33.6 Å². The zero-order valence-electron chi connectivity index (χ0n) is 14.1. The zero-order valence-corrected chi connectivity index (χ0v) is 15.8. The lowest BCUT2D eigenvalue weighted by molar-refractivity contribution is 0.602. The number of fused-ring (bicyclic) bond motifs is 2. The number of anilines is 2. The van der Waals surface area contributed by atoms with Crippen molar-refractivity contribution in [3.63, 3.8) is 0 Å². The van der Waals surface area contributed by atoms with Crippen LogP contribution in [0.3, 0.4) is 0 Å². The first kappa shape index (κ1) is 16.1. The lowest BCUT2D eigenvalue weighted by Gasteiger charge is -2.12. The van der Waals surface area contributed by atoms with E-state index >= 15 is 0 Å². The fourth-order valence-corrected chi connectivity index (χ4v) is 5.57. The fraction of sp³-hybridized carbons (Fsp3) is 0.263. The molecular formula is C19H17FN4S2. The highest BCUT2D eigenvalue weighted by molar-refractivity contribution is 7.18. The third-order valence-corrected chi connectivity index (χ3v) is 7.00. The Labute approximate surface area is 158 Å². The largest absolute Gasteiger partial charge is 0.352 e. The van der Waals surface area contributed by atoms with Crippen LogP contribution in [0.25, 0.3) is 20.4 Å². The van der Waals surface area contributed by atoms with E-state index in [-0.39, 0.29) is 5.82 Å².